The molecule has 0 N–H and O–H groups in total. The molecule has 1 atom stereocenters. The van der Waals surface area contributed by atoms with Crippen LogP contribution < -0.4 is 0 Å². The Morgan fingerprint density at radius 1 is 0.333 bits per heavy atom. The summed E-state index contributed by atoms with van der Waals surface area (Å²) in [5.41, 5.74) is 0. The highest BCUT2D eigenvalue weighted by molar-refractivity contribution is 5.71. The lowest BCUT2D eigenvalue weighted by atomic mass is 10.0. The second-order valence-electron chi connectivity index (χ2n) is 18.4. The molecule has 0 radical (unpaired) electrons. The molecule has 57 heavy (non-hydrogen) atoms. The van der Waals surface area contributed by atoms with Crippen LogP contribution in [-0.4, -0.2) is 37.2 Å². The number of rotatable bonds is 45. The van der Waals surface area contributed by atoms with Crippen LogP contribution in [0.1, 0.15) is 279 Å². The van der Waals surface area contributed by atoms with Crippen LogP contribution in [0.25, 0.3) is 0 Å². The number of esters is 3. The van der Waals surface area contributed by atoms with E-state index >= 15 is 0 Å². The number of ether oxygens (including phenoxy) is 3. The van der Waals surface area contributed by atoms with Crippen LogP contribution in [0.5, 0.6) is 0 Å². The molecule has 0 rings (SSSR count). The molecule has 0 saturated carbocycles. The van der Waals surface area contributed by atoms with E-state index in [1.165, 1.54) is 167 Å². The van der Waals surface area contributed by atoms with Gasteiger partial charge >= 0.3 is 17.9 Å². The molecular weight excluding hydrogens is 709 g/mol. The van der Waals surface area contributed by atoms with Crippen LogP contribution >= 0.6 is 0 Å². The normalized spacial score (nSPS) is 12.1. The van der Waals surface area contributed by atoms with Crippen molar-refractivity contribution < 1.29 is 28.6 Å². The first-order valence-corrected chi connectivity index (χ1v) is 25.2. The zero-order valence-corrected chi connectivity index (χ0v) is 39.0. The Hall–Kier alpha value is -1.59. The zero-order valence-electron chi connectivity index (χ0n) is 39.0. The predicted octanol–water partition coefficient (Wildman–Crippen LogP) is 16.1. The highest BCUT2D eigenvalue weighted by Crippen LogP contribution is 2.17. The average molecular weight is 807 g/mol. The third-order valence-corrected chi connectivity index (χ3v) is 11.5. The first-order valence-electron chi connectivity index (χ1n) is 25.2. The van der Waals surface area contributed by atoms with Crippen molar-refractivity contribution in [2.24, 2.45) is 11.8 Å². The molecule has 0 saturated heterocycles. The van der Waals surface area contributed by atoms with Crippen LogP contribution in [0, 0.1) is 11.8 Å². The van der Waals surface area contributed by atoms with Gasteiger partial charge in [-0.05, 0) is 31.1 Å². The van der Waals surface area contributed by atoms with Gasteiger partial charge in [0.1, 0.15) is 13.2 Å². The smallest absolute Gasteiger partial charge is 0.306 e. The van der Waals surface area contributed by atoms with Gasteiger partial charge in [-0.1, -0.05) is 240 Å². The summed E-state index contributed by atoms with van der Waals surface area (Å²) in [7, 11) is 0. The van der Waals surface area contributed by atoms with Crippen molar-refractivity contribution in [1.82, 2.24) is 0 Å². The molecule has 0 unspecified atom stereocenters. The molecule has 6 nitrogen and oxygen atoms in total. The first-order chi connectivity index (χ1) is 27.7. The second-order valence-corrected chi connectivity index (χ2v) is 18.4. The second kappa shape index (κ2) is 44.0. The molecule has 0 aromatic carbocycles. The van der Waals surface area contributed by atoms with E-state index in [1.54, 1.807) is 0 Å². The summed E-state index contributed by atoms with van der Waals surface area (Å²) < 4.78 is 16.7. The van der Waals surface area contributed by atoms with Gasteiger partial charge in [-0.25, -0.2) is 0 Å². The summed E-state index contributed by atoms with van der Waals surface area (Å²) in [6.45, 7) is 11.3. The summed E-state index contributed by atoms with van der Waals surface area (Å²) in [4.78, 5) is 37.8. The van der Waals surface area contributed by atoms with Crippen LogP contribution in [0.2, 0.25) is 0 Å². The summed E-state index contributed by atoms with van der Waals surface area (Å²) in [5, 5.41) is 0. The molecule has 6 heteroatoms. The molecule has 0 bridgehead atoms. The van der Waals surface area contributed by atoms with Crippen molar-refractivity contribution in [1.29, 1.82) is 0 Å². The molecule has 0 aliphatic carbocycles. The molecule has 0 fully saturated rings. The Labute approximate surface area is 355 Å². The van der Waals surface area contributed by atoms with Crippen molar-refractivity contribution in [3.63, 3.8) is 0 Å². The Bertz CT molecular complexity index is 870. The zero-order chi connectivity index (χ0) is 41.9. The molecule has 0 aromatic rings. The Balaban J connectivity index is 4.23. The Morgan fingerprint density at radius 3 is 0.860 bits per heavy atom. The molecule has 0 heterocycles. The Kier molecular flexibility index (Phi) is 42.7. The fourth-order valence-corrected chi connectivity index (χ4v) is 7.64. The van der Waals surface area contributed by atoms with Gasteiger partial charge in [-0.2, -0.15) is 0 Å². The molecule has 0 aliphatic heterocycles. The van der Waals surface area contributed by atoms with E-state index in [2.05, 4.69) is 34.6 Å². The third-order valence-electron chi connectivity index (χ3n) is 11.5. The lowest BCUT2D eigenvalue weighted by molar-refractivity contribution is -0.167. The average Bonchev–Trinajstić information content (AvgIpc) is 3.18. The molecule has 0 amide bonds. The van der Waals surface area contributed by atoms with E-state index in [0.717, 1.165) is 69.6 Å². The topological polar surface area (TPSA) is 78.9 Å². The van der Waals surface area contributed by atoms with Crippen molar-refractivity contribution in [2.75, 3.05) is 13.2 Å². The van der Waals surface area contributed by atoms with Gasteiger partial charge in [0, 0.05) is 19.3 Å². The van der Waals surface area contributed by atoms with Crippen molar-refractivity contribution >= 4 is 17.9 Å². The monoisotopic (exact) mass is 807 g/mol. The highest BCUT2D eigenvalue weighted by atomic mass is 16.6. The van der Waals surface area contributed by atoms with Crippen LogP contribution in [0.3, 0.4) is 0 Å². The van der Waals surface area contributed by atoms with E-state index in [1.807, 2.05) is 0 Å². The van der Waals surface area contributed by atoms with Crippen LogP contribution in [0.15, 0.2) is 0 Å². The number of carbonyl (C=O) groups excluding carboxylic acids is 3. The van der Waals surface area contributed by atoms with Gasteiger partial charge in [0.2, 0.25) is 0 Å². The van der Waals surface area contributed by atoms with E-state index in [0.29, 0.717) is 19.3 Å². The van der Waals surface area contributed by atoms with Crippen molar-refractivity contribution in [2.45, 2.75) is 285 Å². The maximum Gasteiger partial charge on any atom is 0.306 e. The van der Waals surface area contributed by atoms with E-state index in [-0.39, 0.29) is 31.1 Å². The van der Waals surface area contributed by atoms with Gasteiger partial charge in [-0.15, -0.1) is 0 Å². The van der Waals surface area contributed by atoms with Gasteiger partial charge in [0.15, 0.2) is 6.10 Å². The fourth-order valence-electron chi connectivity index (χ4n) is 7.64. The van der Waals surface area contributed by atoms with Crippen molar-refractivity contribution in [3.05, 3.63) is 0 Å². The summed E-state index contributed by atoms with van der Waals surface area (Å²) in [6.07, 6.45) is 43.8. The third kappa shape index (κ3) is 45.3. The van der Waals surface area contributed by atoms with E-state index in [9.17, 15) is 14.4 Å². The quantitative estimate of drug-likeness (QED) is 0.0346. The fraction of sp³-hybridized carbons (Fsp3) is 0.941. The van der Waals surface area contributed by atoms with Gasteiger partial charge in [0.05, 0.1) is 0 Å². The summed E-state index contributed by atoms with van der Waals surface area (Å²) in [5.74, 6) is 0.794. The maximum atomic E-state index is 12.8. The largest absolute Gasteiger partial charge is 0.462 e. The lowest BCUT2D eigenvalue weighted by Gasteiger charge is -2.18. The van der Waals surface area contributed by atoms with Crippen LogP contribution in [0.4, 0.5) is 0 Å². The van der Waals surface area contributed by atoms with Gasteiger partial charge < -0.3 is 14.2 Å². The summed E-state index contributed by atoms with van der Waals surface area (Å²) >= 11 is 0. The minimum absolute atomic E-state index is 0.0645. The molecule has 0 spiro atoms. The number of unbranched alkanes of at least 4 members (excludes halogenated alkanes) is 30. The molecular formula is C51H98O6. The SMILES string of the molecule is CCCCCCCCCCCC(=O)OC[C@H](COC(=O)CCCCCCCCCCC(C)C)OC(=O)CCCCCCCCCCCCCCCCCCC(C)C. The first kappa shape index (κ1) is 55.4. The van der Waals surface area contributed by atoms with Gasteiger partial charge in [0.25, 0.3) is 0 Å². The molecule has 338 valence electrons. The summed E-state index contributed by atoms with van der Waals surface area (Å²) in [6, 6.07) is 0. The maximum absolute atomic E-state index is 12.8. The number of hydrogen-bond acceptors (Lipinski definition) is 6. The van der Waals surface area contributed by atoms with Crippen LogP contribution in [-0.2, 0) is 28.6 Å². The van der Waals surface area contributed by atoms with Gasteiger partial charge in [-0.3, -0.25) is 14.4 Å². The standard InChI is InChI=1S/C51H98O6/c1-6-7-8-9-10-19-26-31-36-41-49(52)55-44-48(45-56-50(53)42-37-32-27-23-22-25-30-35-40-47(4)5)57-51(54)43-38-33-28-21-18-16-14-12-11-13-15-17-20-24-29-34-39-46(2)3/h46-48H,6-45H2,1-5H3/t48-/m1/s1. The van der Waals surface area contributed by atoms with E-state index < -0.39 is 6.10 Å². The molecule has 0 aliphatic rings. The molecule has 0 aromatic heterocycles. The van der Waals surface area contributed by atoms with Crippen molar-refractivity contribution in [3.8, 4) is 0 Å². The minimum atomic E-state index is -0.760. The highest BCUT2D eigenvalue weighted by Gasteiger charge is 2.19. The number of carbonyl (C=O) groups is 3. The lowest BCUT2D eigenvalue weighted by Crippen LogP contribution is -2.30. The predicted molar refractivity (Wildman–Crippen MR) is 243 cm³/mol. The number of hydrogen-bond donors (Lipinski definition) is 0. The minimum Gasteiger partial charge on any atom is -0.462 e. The van der Waals surface area contributed by atoms with E-state index in [4.69, 9.17) is 14.2 Å². The Morgan fingerprint density at radius 2 is 0.579 bits per heavy atom.